The number of carbonyl (C=O) groups excluding carboxylic acids is 3. The number of fused-ring (bicyclic) bond motifs is 5. The Morgan fingerprint density at radius 2 is 1.61 bits per heavy atom. The second-order valence-electron chi connectivity index (χ2n) is 11.2. The monoisotopic (exact) mass is 607 g/mol. The molecule has 3 atom stereocenters. The van der Waals surface area contributed by atoms with Crippen molar-refractivity contribution in [2.24, 2.45) is 10.8 Å². The van der Waals surface area contributed by atoms with Crippen LogP contribution in [0.3, 0.4) is 0 Å². The summed E-state index contributed by atoms with van der Waals surface area (Å²) in [6.45, 7) is 5.60. The first-order valence-corrected chi connectivity index (χ1v) is 14.0. The van der Waals surface area contributed by atoms with Gasteiger partial charge in [-0.25, -0.2) is 0 Å². The van der Waals surface area contributed by atoms with Crippen molar-refractivity contribution < 1.29 is 14.4 Å². The van der Waals surface area contributed by atoms with Gasteiger partial charge >= 0.3 is 0 Å². The van der Waals surface area contributed by atoms with Crippen LogP contribution in [0.15, 0.2) is 71.2 Å². The van der Waals surface area contributed by atoms with Crippen LogP contribution < -0.4 is 4.90 Å². The van der Waals surface area contributed by atoms with E-state index in [2.05, 4.69) is 15.9 Å². The number of anilines is 1. The molecule has 0 N–H and O–H groups in total. The van der Waals surface area contributed by atoms with Crippen LogP contribution in [-0.4, -0.2) is 29.4 Å². The van der Waals surface area contributed by atoms with Crippen LogP contribution in [0.2, 0.25) is 10.0 Å². The summed E-state index contributed by atoms with van der Waals surface area (Å²) in [5.74, 6) is -1.47. The first kappa shape index (κ1) is 25.5. The molecule has 0 amide bonds. The SMILES string of the molecule is CC(C)(C)C(=O)[C@@H]1[C@@H](c2ccc(Cl)cc2Cl)C2(C(=O)c3ccccc3C2=O)[C@H]2C=Cc3cc(Br)ccc3N12. The molecule has 2 heterocycles. The predicted molar refractivity (Wildman–Crippen MR) is 154 cm³/mol. The number of Topliss-reactive ketones (excluding diaryl/α,β-unsaturated/α-hetero) is 3. The summed E-state index contributed by atoms with van der Waals surface area (Å²) in [5, 5.41) is 0.759. The molecule has 0 unspecified atom stereocenters. The highest BCUT2D eigenvalue weighted by Crippen LogP contribution is 2.62. The molecule has 38 heavy (non-hydrogen) atoms. The average Bonchev–Trinajstić information content (AvgIpc) is 3.29. The van der Waals surface area contributed by atoms with Gasteiger partial charge in [0.25, 0.3) is 0 Å². The summed E-state index contributed by atoms with van der Waals surface area (Å²) in [6.07, 6.45) is 3.85. The minimum absolute atomic E-state index is 0.0730. The maximum atomic E-state index is 14.6. The van der Waals surface area contributed by atoms with E-state index in [0.29, 0.717) is 26.7 Å². The molecule has 3 aromatic carbocycles. The van der Waals surface area contributed by atoms with E-state index in [4.69, 9.17) is 23.2 Å². The minimum Gasteiger partial charge on any atom is -0.352 e. The van der Waals surface area contributed by atoms with E-state index in [1.807, 2.05) is 56.0 Å². The Labute approximate surface area is 239 Å². The van der Waals surface area contributed by atoms with Gasteiger partial charge in [-0.3, -0.25) is 14.4 Å². The third kappa shape index (κ3) is 3.38. The number of nitrogens with zero attached hydrogens (tertiary/aromatic N) is 1. The largest absolute Gasteiger partial charge is 0.352 e. The Kier molecular flexibility index (Phi) is 5.81. The van der Waals surface area contributed by atoms with Gasteiger partial charge in [0.1, 0.15) is 5.41 Å². The third-order valence-electron chi connectivity index (χ3n) is 8.07. The predicted octanol–water partition coefficient (Wildman–Crippen LogP) is 7.80. The summed E-state index contributed by atoms with van der Waals surface area (Å²) in [5.41, 5.74) is 0.690. The van der Waals surface area contributed by atoms with Gasteiger partial charge in [0, 0.05) is 42.7 Å². The minimum atomic E-state index is -1.58. The Morgan fingerprint density at radius 3 is 2.21 bits per heavy atom. The molecule has 3 aromatic rings. The second kappa shape index (κ2) is 8.64. The molecule has 1 spiro atoms. The van der Waals surface area contributed by atoms with E-state index in [1.165, 1.54) is 0 Å². The number of benzene rings is 3. The van der Waals surface area contributed by atoms with Gasteiger partial charge in [0.2, 0.25) is 0 Å². The average molecular weight is 609 g/mol. The zero-order chi connectivity index (χ0) is 27.1. The van der Waals surface area contributed by atoms with Gasteiger partial charge in [0.15, 0.2) is 17.3 Å². The smallest absolute Gasteiger partial charge is 0.180 e. The molecular weight excluding hydrogens is 585 g/mol. The molecular formula is C31H24BrCl2NO3. The molecule has 1 fully saturated rings. The van der Waals surface area contributed by atoms with Crippen molar-refractivity contribution in [3.8, 4) is 0 Å². The van der Waals surface area contributed by atoms with Crippen molar-refractivity contribution in [1.82, 2.24) is 0 Å². The fraction of sp³-hybridized carbons (Fsp3) is 0.258. The van der Waals surface area contributed by atoms with E-state index >= 15 is 0 Å². The van der Waals surface area contributed by atoms with Gasteiger partial charge in [-0.1, -0.05) is 102 Å². The molecule has 0 saturated carbocycles. The van der Waals surface area contributed by atoms with Crippen LogP contribution in [0.1, 0.15) is 58.5 Å². The lowest BCUT2D eigenvalue weighted by Gasteiger charge is -2.38. The van der Waals surface area contributed by atoms with Gasteiger partial charge in [0.05, 0.1) is 12.1 Å². The van der Waals surface area contributed by atoms with Crippen LogP contribution in [0.4, 0.5) is 5.69 Å². The summed E-state index contributed by atoms with van der Waals surface area (Å²) in [4.78, 5) is 45.5. The number of hydrogen-bond acceptors (Lipinski definition) is 4. The quantitative estimate of drug-likeness (QED) is 0.279. The van der Waals surface area contributed by atoms with Gasteiger partial charge in [-0.05, 0) is 41.5 Å². The second-order valence-corrected chi connectivity index (χ2v) is 12.9. The highest BCUT2D eigenvalue weighted by atomic mass is 79.9. The lowest BCUT2D eigenvalue weighted by Crippen LogP contribution is -2.49. The Morgan fingerprint density at radius 1 is 0.947 bits per heavy atom. The number of rotatable bonds is 2. The van der Waals surface area contributed by atoms with Crippen LogP contribution in [0.25, 0.3) is 6.08 Å². The zero-order valence-electron chi connectivity index (χ0n) is 21.0. The Hall–Kier alpha value is -2.73. The summed E-state index contributed by atoms with van der Waals surface area (Å²) >= 11 is 16.6. The summed E-state index contributed by atoms with van der Waals surface area (Å²) in [7, 11) is 0. The molecule has 0 aromatic heterocycles. The zero-order valence-corrected chi connectivity index (χ0v) is 24.1. The molecule has 1 aliphatic carbocycles. The van der Waals surface area contributed by atoms with Crippen LogP contribution >= 0.6 is 39.1 Å². The molecule has 6 rings (SSSR count). The lowest BCUT2D eigenvalue weighted by atomic mass is 9.63. The van der Waals surface area contributed by atoms with Crippen LogP contribution in [0.5, 0.6) is 0 Å². The molecule has 1 saturated heterocycles. The highest BCUT2D eigenvalue weighted by Gasteiger charge is 2.72. The first-order valence-electron chi connectivity index (χ1n) is 12.4. The summed E-state index contributed by atoms with van der Waals surface area (Å²) < 4.78 is 0.893. The van der Waals surface area contributed by atoms with Crippen molar-refractivity contribution in [3.63, 3.8) is 0 Å². The van der Waals surface area contributed by atoms with Crippen LogP contribution in [-0.2, 0) is 4.79 Å². The van der Waals surface area contributed by atoms with Crippen LogP contribution in [0, 0.1) is 10.8 Å². The normalized spacial score (nSPS) is 23.0. The number of halogens is 3. The maximum absolute atomic E-state index is 14.6. The molecule has 0 radical (unpaired) electrons. The molecule has 2 aliphatic heterocycles. The van der Waals surface area contributed by atoms with E-state index in [-0.39, 0.29) is 17.3 Å². The van der Waals surface area contributed by atoms with Crippen molar-refractivity contribution in [2.45, 2.75) is 38.8 Å². The molecule has 3 aliphatic rings. The Bertz CT molecular complexity index is 1550. The van der Waals surface area contributed by atoms with E-state index in [9.17, 15) is 14.4 Å². The lowest BCUT2D eigenvalue weighted by molar-refractivity contribution is -0.127. The molecule has 192 valence electrons. The third-order valence-corrected chi connectivity index (χ3v) is 9.13. The molecule has 7 heteroatoms. The summed E-state index contributed by atoms with van der Waals surface area (Å²) in [6, 6.07) is 16.3. The number of hydrogen-bond donors (Lipinski definition) is 0. The molecule has 4 nitrogen and oxygen atoms in total. The van der Waals surface area contributed by atoms with Crippen molar-refractivity contribution in [1.29, 1.82) is 0 Å². The van der Waals surface area contributed by atoms with E-state index in [1.54, 1.807) is 42.5 Å². The fourth-order valence-corrected chi connectivity index (χ4v) is 7.39. The number of ketones is 3. The maximum Gasteiger partial charge on any atom is 0.180 e. The number of carbonyl (C=O) groups is 3. The Balaban J connectivity index is 1.72. The first-order chi connectivity index (χ1) is 18.0. The van der Waals surface area contributed by atoms with Crippen molar-refractivity contribution in [2.75, 3.05) is 4.90 Å². The van der Waals surface area contributed by atoms with Gasteiger partial charge < -0.3 is 4.90 Å². The topological polar surface area (TPSA) is 54.5 Å². The highest BCUT2D eigenvalue weighted by molar-refractivity contribution is 9.10. The standard InChI is InChI=1S/C31H24BrCl2NO3/c1-30(2,3)29(38)26-25(21-11-10-18(33)15-22(21)34)31(27(36)19-6-4-5-7-20(19)28(31)37)24-13-8-16-14-17(32)9-12-23(16)35(24)26/h4-15,24-26H,1-3H3/t24-,25-,26+/m1/s1. The fourth-order valence-electron chi connectivity index (χ4n) is 6.49. The molecule has 0 bridgehead atoms. The van der Waals surface area contributed by atoms with E-state index < -0.39 is 28.8 Å². The van der Waals surface area contributed by atoms with Gasteiger partial charge in [-0.2, -0.15) is 0 Å². The van der Waals surface area contributed by atoms with E-state index in [0.717, 1.165) is 15.7 Å². The van der Waals surface area contributed by atoms with Crippen molar-refractivity contribution >= 4 is 68.2 Å². The van der Waals surface area contributed by atoms with Gasteiger partial charge in [-0.15, -0.1) is 0 Å². The van der Waals surface area contributed by atoms with Crippen molar-refractivity contribution in [3.05, 3.63) is 104 Å².